The Bertz CT molecular complexity index is 720. The summed E-state index contributed by atoms with van der Waals surface area (Å²) in [5.74, 6) is 6.78. The second-order valence-electron chi connectivity index (χ2n) is 4.52. The average molecular weight is 399 g/mol. The second kappa shape index (κ2) is 7.97. The molecule has 2 rings (SSSR count). The number of primary amides is 1. The van der Waals surface area contributed by atoms with Gasteiger partial charge in [-0.2, -0.15) is 0 Å². The number of urea groups is 1. The minimum absolute atomic E-state index is 0.200. The normalized spacial score (nSPS) is 10.5. The highest BCUT2D eigenvalue weighted by Crippen LogP contribution is 2.28. The molecule has 8 nitrogen and oxygen atoms in total. The molecular formula is C13H15BrN6O2S. The number of nitrogens with two attached hydrogens (primary N) is 2. The number of carbonyl (C=O) groups is 2. The van der Waals surface area contributed by atoms with E-state index in [1.54, 1.807) is 0 Å². The third-order valence-electron chi connectivity index (χ3n) is 2.82. The van der Waals surface area contributed by atoms with Crippen molar-refractivity contribution in [2.24, 2.45) is 5.73 Å². The first-order valence-corrected chi connectivity index (χ1v) is 8.44. The van der Waals surface area contributed by atoms with Gasteiger partial charge in [0.05, 0.1) is 0 Å². The minimum Gasteiger partial charge on any atom is -0.351 e. The monoisotopic (exact) mass is 398 g/mol. The van der Waals surface area contributed by atoms with Gasteiger partial charge in [0.1, 0.15) is 0 Å². The molecule has 1 heterocycles. The fourth-order valence-corrected chi connectivity index (χ4v) is 3.06. The number of nitrogens with zero attached hydrogens (tertiary/aromatic N) is 3. The molecule has 0 saturated carbocycles. The van der Waals surface area contributed by atoms with E-state index >= 15 is 0 Å². The number of halogens is 1. The molecule has 1 aromatic heterocycles. The summed E-state index contributed by atoms with van der Waals surface area (Å²) < 4.78 is 2.28. The number of nitrogen functional groups attached to an aromatic ring is 1. The van der Waals surface area contributed by atoms with Gasteiger partial charge in [-0.15, -0.1) is 10.2 Å². The van der Waals surface area contributed by atoms with E-state index in [1.807, 2.05) is 29.6 Å². The van der Waals surface area contributed by atoms with Gasteiger partial charge in [0.25, 0.3) is 0 Å². The van der Waals surface area contributed by atoms with Gasteiger partial charge >= 0.3 is 6.03 Å². The van der Waals surface area contributed by atoms with Crippen LogP contribution in [0.15, 0.2) is 33.9 Å². The lowest BCUT2D eigenvalue weighted by Gasteiger charge is -2.05. The van der Waals surface area contributed by atoms with Crippen LogP contribution in [-0.4, -0.2) is 32.6 Å². The van der Waals surface area contributed by atoms with Crippen molar-refractivity contribution in [3.8, 4) is 11.4 Å². The highest BCUT2D eigenvalue weighted by molar-refractivity contribution is 9.10. The highest BCUT2D eigenvalue weighted by atomic mass is 79.9. The third kappa shape index (κ3) is 4.70. The number of hydrogen-bond acceptors (Lipinski definition) is 6. The molecule has 1 aromatic carbocycles. The van der Waals surface area contributed by atoms with Crippen molar-refractivity contribution in [2.75, 3.05) is 11.6 Å². The van der Waals surface area contributed by atoms with E-state index in [4.69, 9.17) is 11.6 Å². The number of rotatable bonds is 6. The maximum absolute atomic E-state index is 11.3. The fraction of sp³-hybridized carbons (Fsp3) is 0.231. The van der Waals surface area contributed by atoms with Gasteiger partial charge < -0.3 is 11.6 Å². The summed E-state index contributed by atoms with van der Waals surface area (Å²) in [5.41, 5.74) is 5.70. The molecule has 0 bridgehead atoms. The molecule has 10 heteroatoms. The van der Waals surface area contributed by atoms with E-state index in [2.05, 4.69) is 26.1 Å². The van der Waals surface area contributed by atoms with Crippen LogP contribution in [0.3, 0.4) is 0 Å². The van der Waals surface area contributed by atoms with Crippen molar-refractivity contribution in [2.45, 2.75) is 18.0 Å². The summed E-state index contributed by atoms with van der Waals surface area (Å²) in [6.07, 6.45) is 0.757. The van der Waals surface area contributed by atoms with Gasteiger partial charge in [0, 0.05) is 22.2 Å². The lowest BCUT2D eigenvalue weighted by Crippen LogP contribution is -2.34. The molecule has 0 aliphatic heterocycles. The smallest absolute Gasteiger partial charge is 0.318 e. The van der Waals surface area contributed by atoms with Gasteiger partial charge in [-0.05, 0) is 18.6 Å². The van der Waals surface area contributed by atoms with Crippen molar-refractivity contribution < 1.29 is 9.59 Å². The van der Waals surface area contributed by atoms with Crippen LogP contribution in [-0.2, 0) is 4.79 Å². The third-order valence-corrected chi connectivity index (χ3v) is 4.54. The maximum atomic E-state index is 11.3. The van der Waals surface area contributed by atoms with Crippen LogP contribution in [0.5, 0.6) is 0 Å². The Morgan fingerprint density at radius 3 is 2.74 bits per heavy atom. The Hall–Kier alpha value is -2.07. The summed E-state index contributed by atoms with van der Waals surface area (Å²) in [7, 11) is 0. The number of nitrogens with one attached hydrogen (secondary N) is 1. The predicted molar refractivity (Wildman–Crippen MR) is 91.0 cm³/mol. The summed E-state index contributed by atoms with van der Waals surface area (Å²) in [4.78, 5) is 21.8. The first-order chi connectivity index (χ1) is 11.0. The lowest BCUT2D eigenvalue weighted by molar-refractivity contribution is -0.119. The minimum atomic E-state index is -0.845. The Morgan fingerprint density at radius 2 is 2.04 bits per heavy atom. The number of aromatic nitrogens is 3. The van der Waals surface area contributed by atoms with Crippen LogP contribution in [0.4, 0.5) is 4.79 Å². The van der Waals surface area contributed by atoms with E-state index in [1.165, 1.54) is 16.4 Å². The van der Waals surface area contributed by atoms with Crippen LogP contribution < -0.4 is 16.9 Å². The molecule has 3 amide bonds. The Labute approximate surface area is 145 Å². The summed E-state index contributed by atoms with van der Waals surface area (Å²) in [5, 5.41) is 10.7. The van der Waals surface area contributed by atoms with Crippen LogP contribution in [0, 0.1) is 0 Å². The van der Waals surface area contributed by atoms with Crippen LogP contribution in [0.2, 0.25) is 0 Å². The molecule has 0 radical (unpaired) electrons. The van der Waals surface area contributed by atoms with Crippen molar-refractivity contribution in [1.29, 1.82) is 0 Å². The number of hydrogen-bond donors (Lipinski definition) is 3. The van der Waals surface area contributed by atoms with Gasteiger partial charge in [0.15, 0.2) is 5.82 Å². The van der Waals surface area contributed by atoms with E-state index in [-0.39, 0.29) is 6.42 Å². The molecule has 23 heavy (non-hydrogen) atoms. The fourth-order valence-electron chi connectivity index (χ4n) is 1.80. The molecule has 2 aromatic rings. The van der Waals surface area contributed by atoms with E-state index < -0.39 is 11.9 Å². The number of carbonyl (C=O) groups excluding carboxylic acids is 2. The molecular weight excluding hydrogens is 384 g/mol. The van der Waals surface area contributed by atoms with Crippen molar-refractivity contribution in [3.05, 3.63) is 28.7 Å². The zero-order valence-electron chi connectivity index (χ0n) is 12.0. The second-order valence-corrected chi connectivity index (χ2v) is 6.44. The van der Waals surface area contributed by atoms with Gasteiger partial charge in [-0.25, -0.2) is 9.47 Å². The molecule has 5 N–H and O–H groups in total. The quantitative estimate of drug-likeness (QED) is 0.384. The number of amides is 3. The van der Waals surface area contributed by atoms with E-state index in [9.17, 15) is 9.59 Å². The number of benzene rings is 1. The standard InChI is InChI=1S/C13H15BrN6O2S/c14-9-5-2-1-4-8(9)11-18-19-13(20(11)16)23-7-3-6-10(21)17-12(15)22/h1-2,4-5H,3,6-7,16H2,(H3,15,17,21,22). The molecule has 0 aliphatic rings. The zero-order valence-corrected chi connectivity index (χ0v) is 14.4. The number of thioether (sulfide) groups is 1. The summed E-state index contributed by atoms with van der Waals surface area (Å²) in [6.45, 7) is 0. The summed E-state index contributed by atoms with van der Waals surface area (Å²) >= 11 is 4.83. The zero-order chi connectivity index (χ0) is 16.8. The Morgan fingerprint density at radius 1 is 1.30 bits per heavy atom. The molecule has 0 saturated heterocycles. The molecule has 0 fully saturated rings. The Kier molecular flexibility index (Phi) is 5.99. The molecule has 0 atom stereocenters. The van der Waals surface area contributed by atoms with Crippen LogP contribution in [0.1, 0.15) is 12.8 Å². The largest absolute Gasteiger partial charge is 0.351 e. The molecule has 122 valence electrons. The SMILES string of the molecule is NC(=O)NC(=O)CCCSc1nnc(-c2ccccc2Br)n1N. The topological polar surface area (TPSA) is 129 Å². The van der Waals surface area contributed by atoms with Gasteiger partial charge in [0.2, 0.25) is 11.1 Å². The molecule has 0 aliphatic carbocycles. The van der Waals surface area contributed by atoms with Crippen LogP contribution >= 0.6 is 27.7 Å². The molecule has 0 unspecified atom stereocenters. The van der Waals surface area contributed by atoms with Crippen molar-refractivity contribution in [1.82, 2.24) is 20.2 Å². The first-order valence-electron chi connectivity index (χ1n) is 6.66. The maximum Gasteiger partial charge on any atom is 0.318 e. The van der Waals surface area contributed by atoms with Gasteiger partial charge in [-0.3, -0.25) is 10.1 Å². The van der Waals surface area contributed by atoms with E-state index in [0.717, 1.165) is 10.0 Å². The number of imide groups is 1. The Balaban J connectivity index is 1.92. The average Bonchev–Trinajstić information content (AvgIpc) is 2.85. The van der Waals surface area contributed by atoms with Crippen molar-refractivity contribution >= 4 is 39.6 Å². The van der Waals surface area contributed by atoms with E-state index in [0.29, 0.717) is 23.2 Å². The highest BCUT2D eigenvalue weighted by Gasteiger charge is 2.14. The van der Waals surface area contributed by atoms with Gasteiger partial charge in [-0.1, -0.05) is 39.8 Å². The summed E-state index contributed by atoms with van der Waals surface area (Å²) in [6, 6.07) is 6.73. The molecule has 0 spiro atoms. The van der Waals surface area contributed by atoms with Crippen molar-refractivity contribution in [3.63, 3.8) is 0 Å². The predicted octanol–water partition coefficient (Wildman–Crippen LogP) is 1.49. The first kappa shape index (κ1) is 17.3. The van der Waals surface area contributed by atoms with Crippen LogP contribution in [0.25, 0.3) is 11.4 Å². The lowest BCUT2D eigenvalue weighted by atomic mass is 10.2.